The lowest BCUT2D eigenvalue weighted by molar-refractivity contribution is 0.281. The molecule has 0 aliphatic carbocycles. The van der Waals surface area contributed by atoms with Gasteiger partial charge in [-0.3, -0.25) is 0 Å². The lowest BCUT2D eigenvalue weighted by Gasteiger charge is -2.20. The Labute approximate surface area is 66.0 Å². The van der Waals surface area contributed by atoms with Gasteiger partial charge in [0.1, 0.15) is 5.76 Å². The maximum Gasteiger partial charge on any atom is 0.142 e. The van der Waals surface area contributed by atoms with Crippen LogP contribution in [0.2, 0.25) is 0 Å². The van der Waals surface area contributed by atoms with Crippen LogP contribution >= 0.6 is 0 Å². The van der Waals surface area contributed by atoms with Gasteiger partial charge in [0.05, 0.1) is 5.69 Å². The summed E-state index contributed by atoms with van der Waals surface area (Å²) < 4.78 is 5.16. The molecule has 2 heterocycles. The molecule has 60 valence electrons. The van der Waals surface area contributed by atoms with Gasteiger partial charge in [-0.1, -0.05) is 5.16 Å². The summed E-state index contributed by atoms with van der Waals surface area (Å²) >= 11 is 0. The Kier molecular flexibility index (Phi) is 1.46. The van der Waals surface area contributed by atoms with E-state index in [1.165, 1.54) is 5.56 Å². The first-order valence-electron chi connectivity index (χ1n) is 3.90. The molecule has 1 aromatic heterocycles. The molecule has 2 rings (SSSR count). The minimum atomic E-state index is 0.991. The third-order valence-electron chi connectivity index (χ3n) is 2.21. The molecule has 0 amide bonds. The average molecular weight is 152 g/mol. The molecule has 0 aromatic carbocycles. The topological polar surface area (TPSA) is 29.3 Å². The molecule has 0 unspecified atom stereocenters. The predicted octanol–water partition coefficient (Wildman–Crippen LogP) is 0.971. The van der Waals surface area contributed by atoms with E-state index in [2.05, 4.69) is 17.1 Å². The molecular formula is C8H12N2O. The van der Waals surface area contributed by atoms with Crippen molar-refractivity contribution in [3.05, 3.63) is 17.0 Å². The van der Waals surface area contributed by atoms with Crippen molar-refractivity contribution in [2.75, 3.05) is 13.6 Å². The van der Waals surface area contributed by atoms with Crippen LogP contribution in [0.5, 0.6) is 0 Å². The highest BCUT2D eigenvalue weighted by Crippen LogP contribution is 2.20. The van der Waals surface area contributed by atoms with Crippen molar-refractivity contribution < 1.29 is 4.52 Å². The van der Waals surface area contributed by atoms with Crippen molar-refractivity contribution in [1.82, 2.24) is 10.1 Å². The van der Waals surface area contributed by atoms with Crippen LogP contribution in [0.1, 0.15) is 17.0 Å². The molecule has 0 bridgehead atoms. The molecule has 1 aromatic rings. The SMILES string of the molecule is Cc1noc2c1CN(C)CC2. The second kappa shape index (κ2) is 2.34. The number of nitrogens with zero attached hydrogens (tertiary/aromatic N) is 2. The van der Waals surface area contributed by atoms with Crippen LogP contribution < -0.4 is 0 Å². The van der Waals surface area contributed by atoms with Gasteiger partial charge in [0.2, 0.25) is 0 Å². The minimum absolute atomic E-state index is 0.991. The molecule has 11 heavy (non-hydrogen) atoms. The third-order valence-corrected chi connectivity index (χ3v) is 2.21. The van der Waals surface area contributed by atoms with E-state index in [1.807, 2.05) is 6.92 Å². The largest absolute Gasteiger partial charge is 0.361 e. The Morgan fingerprint density at radius 3 is 3.18 bits per heavy atom. The van der Waals surface area contributed by atoms with Crippen LogP contribution in [0.3, 0.4) is 0 Å². The molecular weight excluding hydrogens is 140 g/mol. The van der Waals surface area contributed by atoms with Gasteiger partial charge in [-0.05, 0) is 14.0 Å². The first-order valence-corrected chi connectivity index (χ1v) is 3.90. The second-order valence-corrected chi connectivity index (χ2v) is 3.16. The number of aromatic nitrogens is 1. The molecule has 1 aliphatic rings. The summed E-state index contributed by atoms with van der Waals surface area (Å²) in [4.78, 5) is 2.28. The zero-order valence-corrected chi connectivity index (χ0v) is 6.92. The third kappa shape index (κ3) is 1.05. The van der Waals surface area contributed by atoms with Crippen molar-refractivity contribution in [2.24, 2.45) is 0 Å². The monoisotopic (exact) mass is 152 g/mol. The normalized spacial score (nSPS) is 18.4. The number of rotatable bonds is 0. The van der Waals surface area contributed by atoms with E-state index in [9.17, 15) is 0 Å². The van der Waals surface area contributed by atoms with Gasteiger partial charge in [-0.2, -0.15) is 0 Å². The highest BCUT2D eigenvalue weighted by molar-refractivity contribution is 5.23. The fraction of sp³-hybridized carbons (Fsp3) is 0.625. The van der Waals surface area contributed by atoms with Crippen LogP contribution in [-0.4, -0.2) is 23.6 Å². The Hall–Kier alpha value is -0.830. The summed E-state index contributed by atoms with van der Waals surface area (Å²) in [5.74, 6) is 1.08. The van der Waals surface area contributed by atoms with E-state index < -0.39 is 0 Å². The maximum atomic E-state index is 5.16. The van der Waals surface area contributed by atoms with Gasteiger partial charge in [0, 0.05) is 25.1 Å². The summed E-state index contributed by atoms with van der Waals surface area (Å²) in [6.45, 7) is 4.08. The standard InChI is InChI=1S/C8H12N2O/c1-6-7-5-10(2)4-3-8(7)11-9-6/h3-5H2,1-2H3. The molecule has 0 radical (unpaired) electrons. The molecule has 0 saturated heterocycles. The highest BCUT2D eigenvalue weighted by Gasteiger charge is 2.19. The minimum Gasteiger partial charge on any atom is -0.361 e. The van der Waals surface area contributed by atoms with Crippen molar-refractivity contribution in [3.63, 3.8) is 0 Å². The Morgan fingerprint density at radius 1 is 1.55 bits per heavy atom. The van der Waals surface area contributed by atoms with E-state index in [1.54, 1.807) is 0 Å². The molecule has 0 atom stereocenters. The second-order valence-electron chi connectivity index (χ2n) is 3.16. The molecule has 0 N–H and O–H groups in total. The highest BCUT2D eigenvalue weighted by atomic mass is 16.5. The number of hydrogen-bond donors (Lipinski definition) is 0. The van der Waals surface area contributed by atoms with E-state index in [-0.39, 0.29) is 0 Å². The Bertz CT molecular complexity index is 267. The average Bonchev–Trinajstić information content (AvgIpc) is 2.33. The van der Waals surface area contributed by atoms with Crippen LogP contribution in [0.4, 0.5) is 0 Å². The van der Waals surface area contributed by atoms with E-state index in [0.717, 1.165) is 31.0 Å². The summed E-state index contributed by atoms with van der Waals surface area (Å²) in [6, 6.07) is 0. The zero-order valence-electron chi connectivity index (χ0n) is 6.92. The Morgan fingerprint density at radius 2 is 2.36 bits per heavy atom. The van der Waals surface area contributed by atoms with Gasteiger partial charge in [-0.15, -0.1) is 0 Å². The first-order chi connectivity index (χ1) is 5.27. The Balaban J connectivity index is 2.37. The quantitative estimate of drug-likeness (QED) is 0.554. The van der Waals surface area contributed by atoms with Crippen LogP contribution in [0, 0.1) is 6.92 Å². The molecule has 0 fully saturated rings. The van der Waals surface area contributed by atoms with Crippen molar-refractivity contribution in [3.8, 4) is 0 Å². The zero-order chi connectivity index (χ0) is 7.84. The fourth-order valence-corrected chi connectivity index (χ4v) is 1.48. The summed E-state index contributed by atoms with van der Waals surface area (Å²) in [5, 5.41) is 3.93. The molecule has 0 spiro atoms. The lowest BCUT2D eigenvalue weighted by Crippen LogP contribution is -2.25. The van der Waals surface area contributed by atoms with Crippen molar-refractivity contribution in [2.45, 2.75) is 19.9 Å². The van der Waals surface area contributed by atoms with E-state index in [4.69, 9.17) is 4.52 Å². The van der Waals surface area contributed by atoms with E-state index >= 15 is 0 Å². The predicted molar refractivity (Wildman–Crippen MR) is 41.3 cm³/mol. The summed E-state index contributed by atoms with van der Waals surface area (Å²) in [6.07, 6.45) is 1.01. The number of aryl methyl sites for hydroxylation is 1. The number of likely N-dealkylation sites (N-methyl/N-ethyl adjacent to an activating group) is 1. The smallest absolute Gasteiger partial charge is 0.142 e. The van der Waals surface area contributed by atoms with Gasteiger partial charge >= 0.3 is 0 Å². The molecule has 3 heteroatoms. The maximum absolute atomic E-state index is 5.16. The first kappa shape index (κ1) is 6.85. The molecule has 1 aliphatic heterocycles. The van der Waals surface area contributed by atoms with Gasteiger partial charge in [0.15, 0.2) is 0 Å². The summed E-state index contributed by atoms with van der Waals surface area (Å²) in [5.41, 5.74) is 2.34. The van der Waals surface area contributed by atoms with Crippen molar-refractivity contribution >= 4 is 0 Å². The van der Waals surface area contributed by atoms with Crippen LogP contribution in [0.15, 0.2) is 4.52 Å². The van der Waals surface area contributed by atoms with Crippen LogP contribution in [0.25, 0.3) is 0 Å². The lowest BCUT2D eigenvalue weighted by atomic mass is 10.1. The molecule has 3 nitrogen and oxygen atoms in total. The fourth-order valence-electron chi connectivity index (χ4n) is 1.48. The van der Waals surface area contributed by atoms with Gasteiger partial charge in [0.25, 0.3) is 0 Å². The molecule has 0 saturated carbocycles. The van der Waals surface area contributed by atoms with Crippen molar-refractivity contribution in [1.29, 1.82) is 0 Å². The van der Waals surface area contributed by atoms with E-state index in [0.29, 0.717) is 0 Å². The van der Waals surface area contributed by atoms with Crippen LogP contribution in [-0.2, 0) is 13.0 Å². The summed E-state index contributed by atoms with van der Waals surface area (Å²) in [7, 11) is 2.12. The van der Waals surface area contributed by atoms with Gasteiger partial charge in [-0.25, -0.2) is 0 Å². The number of hydrogen-bond acceptors (Lipinski definition) is 3. The van der Waals surface area contributed by atoms with Gasteiger partial charge < -0.3 is 9.42 Å². The number of fused-ring (bicyclic) bond motifs is 1.